The lowest BCUT2D eigenvalue weighted by molar-refractivity contribution is -0.137. The zero-order chi connectivity index (χ0) is 8.85. The number of amides is 1. The SMILES string of the molecule is CSCC(N)C(=O)OC(N)=O.Cl. The molecule has 72 valence electrons. The highest BCUT2D eigenvalue weighted by molar-refractivity contribution is 7.98. The van der Waals surface area contributed by atoms with Crippen LogP contribution in [0.15, 0.2) is 0 Å². The number of primary amides is 1. The second-order valence-electron chi connectivity index (χ2n) is 1.80. The van der Waals surface area contributed by atoms with Gasteiger partial charge in [-0.3, -0.25) is 0 Å². The highest BCUT2D eigenvalue weighted by Crippen LogP contribution is 1.96. The van der Waals surface area contributed by atoms with Crippen LogP contribution in [0.1, 0.15) is 0 Å². The van der Waals surface area contributed by atoms with Crippen molar-refractivity contribution in [2.45, 2.75) is 6.04 Å². The molecular weight excluding hydrogens is 204 g/mol. The molecule has 0 radical (unpaired) electrons. The molecule has 0 aliphatic rings. The molecule has 0 fully saturated rings. The quantitative estimate of drug-likeness (QED) is 0.498. The standard InChI is InChI=1S/C5H10N2O3S.ClH/c1-11-2-3(6)4(8)10-5(7)9;/h3H,2,6H2,1H3,(H2,7,9);1H. The molecule has 0 aromatic carbocycles. The number of carbonyl (C=O) groups is 2. The first-order chi connectivity index (χ1) is 5.07. The Morgan fingerprint density at radius 1 is 1.58 bits per heavy atom. The Bertz CT molecular complexity index is 167. The van der Waals surface area contributed by atoms with Gasteiger partial charge in [0.1, 0.15) is 6.04 Å². The number of hydrogen-bond donors (Lipinski definition) is 2. The molecule has 5 nitrogen and oxygen atoms in total. The van der Waals surface area contributed by atoms with Crippen molar-refractivity contribution in [1.29, 1.82) is 0 Å². The third-order valence-corrected chi connectivity index (χ3v) is 1.54. The van der Waals surface area contributed by atoms with Crippen LogP contribution >= 0.6 is 24.2 Å². The molecule has 0 aliphatic carbocycles. The van der Waals surface area contributed by atoms with Crippen molar-refractivity contribution >= 4 is 36.2 Å². The van der Waals surface area contributed by atoms with Crippen molar-refractivity contribution in [3.05, 3.63) is 0 Å². The van der Waals surface area contributed by atoms with Gasteiger partial charge in [-0.2, -0.15) is 11.8 Å². The van der Waals surface area contributed by atoms with E-state index in [1.165, 1.54) is 11.8 Å². The monoisotopic (exact) mass is 214 g/mol. The number of nitrogens with two attached hydrogens (primary N) is 2. The van der Waals surface area contributed by atoms with E-state index < -0.39 is 18.1 Å². The van der Waals surface area contributed by atoms with Crippen molar-refractivity contribution in [2.24, 2.45) is 11.5 Å². The molecule has 0 heterocycles. The molecule has 0 saturated carbocycles. The molecular formula is C5H11ClN2O3S. The number of carbonyl (C=O) groups excluding carboxylic acids is 2. The number of hydrogen-bond acceptors (Lipinski definition) is 5. The van der Waals surface area contributed by atoms with E-state index in [2.05, 4.69) is 10.5 Å². The molecule has 1 atom stereocenters. The summed E-state index contributed by atoms with van der Waals surface area (Å²) < 4.78 is 4.03. The van der Waals surface area contributed by atoms with Gasteiger partial charge >= 0.3 is 12.1 Å². The normalized spacial score (nSPS) is 11.2. The molecule has 0 bridgehead atoms. The lowest BCUT2D eigenvalue weighted by atomic mass is 10.4. The van der Waals surface area contributed by atoms with E-state index >= 15 is 0 Å². The van der Waals surface area contributed by atoms with Crippen LogP contribution in [0.3, 0.4) is 0 Å². The minimum Gasteiger partial charge on any atom is -0.375 e. The zero-order valence-corrected chi connectivity index (χ0v) is 8.11. The van der Waals surface area contributed by atoms with Gasteiger partial charge in [-0.15, -0.1) is 12.4 Å². The van der Waals surface area contributed by atoms with E-state index in [0.29, 0.717) is 5.75 Å². The van der Waals surface area contributed by atoms with Gasteiger partial charge in [0.2, 0.25) is 0 Å². The Labute approximate surface area is 80.6 Å². The number of halogens is 1. The van der Waals surface area contributed by atoms with E-state index in [-0.39, 0.29) is 12.4 Å². The summed E-state index contributed by atoms with van der Waals surface area (Å²) in [5, 5.41) is 0. The van der Waals surface area contributed by atoms with Gasteiger partial charge in [0.05, 0.1) is 0 Å². The molecule has 1 unspecified atom stereocenters. The van der Waals surface area contributed by atoms with E-state index in [1.54, 1.807) is 6.26 Å². The third kappa shape index (κ3) is 6.26. The van der Waals surface area contributed by atoms with Crippen LogP contribution < -0.4 is 11.5 Å². The van der Waals surface area contributed by atoms with Gasteiger partial charge in [0.25, 0.3) is 0 Å². The molecule has 12 heavy (non-hydrogen) atoms. The highest BCUT2D eigenvalue weighted by atomic mass is 35.5. The Morgan fingerprint density at radius 2 is 2.08 bits per heavy atom. The lowest BCUT2D eigenvalue weighted by Gasteiger charge is -2.05. The van der Waals surface area contributed by atoms with Crippen LogP contribution in [0.2, 0.25) is 0 Å². The Balaban J connectivity index is 0. The van der Waals surface area contributed by atoms with Crippen molar-refractivity contribution < 1.29 is 14.3 Å². The van der Waals surface area contributed by atoms with Crippen LogP contribution in [0, 0.1) is 0 Å². The van der Waals surface area contributed by atoms with Crippen LogP contribution in [0.5, 0.6) is 0 Å². The lowest BCUT2D eigenvalue weighted by Crippen LogP contribution is -2.37. The van der Waals surface area contributed by atoms with Crippen molar-refractivity contribution in [3.8, 4) is 0 Å². The van der Waals surface area contributed by atoms with Crippen LogP contribution in [0.4, 0.5) is 4.79 Å². The molecule has 7 heteroatoms. The first kappa shape index (κ1) is 14.1. The number of rotatable bonds is 3. The van der Waals surface area contributed by atoms with Crippen LogP contribution in [-0.2, 0) is 9.53 Å². The summed E-state index contributed by atoms with van der Waals surface area (Å²) in [6.07, 6.45) is 0.670. The maximum Gasteiger partial charge on any atom is 0.412 e. The molecule has 0 saturated heterocycles. The Kier molecular flexibility index (Phi) is 8.46. The van der Waals surface area contributed by atoms with Crippen molar-refractivity contribution in [3.63, 3.8) is 0 Å². The fraction of sp³-hybridized carbons (Fsp3) is 0.600. The fourth-order valence-corrected chi connectivity index (χ4v) is 0.918. The van der Waals surface area contributed by atoms with E-state index in [4.69, 9.17) is 5.73 Å². The van der Waals surface area contributed by atoms with Gasteiger partial charge in [-0.1, -0.05) is 0 Å². The zero-order valence-electron chi connectivity index (χ0n) is 6.48. The summed E-state index contributed by atoms with van der Waals surface area (Å²) in [7, 11) is 0. The molecule has 0 aromatic rings. The van der Waals surface area contributed by atoms with Crippen molar-refractivity contribution in [1.82, 2.24) is 0 Å². The van der Waals surface area contributed by atoms with Gasteiger partial charge in [-0.25, -0.2) is 9.59 Å². The second kappa shape index (κ2) is 7.20. The molecule has 0 aliphatic heterocycles. The number of thioether (sulfide) groups is 1. The maximum absolute atomic E-state index is 10.7. The molecule has 0 aromatic heterocycles. The molecule has 4 N–H and O–H groups in total. The first-order valence-corrected chi connectivity index (χ1v) is 4.23. The minimum absolute atomic E-state index is 0. The van der Waals surface area contributed by atoms with Gasteiger partial charge in [0, 0.05) is 5.75 Å². The number of esters is 1. The molecule has 0 spiro atoms. The summed E-state index contributed by atoms with van der Waals surface area (Å²) in [6, 6.07) is -0.780. The van der Waals surface area contributed by atoms with Crippen LogP contribution in [0.25, 0.3) is 0 Å². The van der Waals surface area contributed by atoms with E-state index in [0.717, 1.165) is 0 Å². The average molecular weight is 215 g/mol. The van der Waals surface area contributed by atoms with Gasteiger partial charge < -0.3 is 16.2 Å². The Hall–Kier alpha value is -0.460. The fourth-order valence-electron chi connectivity index (χ4n) is 0.422. The first-order valence-electron chi connectivity index (χ1n) is 2.83. The Morgan fingerprint density at radius 3 is 2.42 bits per heavy atom. The second-order valence-corrected chi connectivity index (χ2v) is 2.71. The topological polar surface area (TPSA) is 95.4 Å². The largest absolute Gasteiger partial charge is 0.412 e. The van der Waals surface area contributed by atoms with Gasteiger partial charge in [-0.05, 0) is 6.26 Å². The number of ether oxygens (including phenoxy) is 1. The van der Waals surface area contributed by atoms with Crippen LogP contribution in [-0.4, -0.2) is 30.1 Å². The van der Waals surface area contributed by atoms with E-state index in [1.807, 2.05) is 0 Å². The predicted octanol–water partition coefficient (Wildman–Crippen LogP) is -0.280. The average Bonchev–Trinajstić information content (AvgIpc) is 1.86. The summed E-state index contributed by atoms with van der Waals surface area (Å²) in [5.74, 6) is -0.376. The van der Waals surface area contributed by atoms with E-state index in [9.17, 15) is 9.59 Å². The predicted molar refractivity (Wildman–Crippen MR) is 49.3 cm³/mol. The maximum atomic E-state index is 10.7. The van der Waals surface area contributed by atoms with Crippen molar-refractivity contribution in [2.75, 3.05) is 12.0 Å². The summed E-state index contributed by atoms with van der Waals surface area (Å²) >= 11 is 1.39. The minimum atomic E-state index is -1.12. The summed E-state index contributed by atoms with van der Waals surface area (Å²) in [4.78, 5) is 20.7. The smallest absolute Gasteiger partial charge is 0.375 e. The molecule has 0 rings (SSSR count). The summed E-state index contributed by atoms with van der Waals surface area (Å²) in [6.45, 7) is 0. The van der Waals surface area contributed by atoms with Gasteiger partial charge in [0.15, 0.2) is 0 Å². The third-order valence-electron chi connectivity index (χ3n) is 0.850. The highest BCUT2D eigenvalue weighted by Gasteiger charge is 2.15. The summed E-state index contributed by atoms with van der Waals surface area (Å²) in [5.41, 5.74) is 9.86. The molecule has 1 amide bonds.